The molecular weight excluding hydrogens is 252 g/mol. The predicted molar refractivity (Wildman–Crippen MR) is 70.6 cm³/mol. The van der Waals surface area contributed by atoms with Gasteiger partial charge in [0.15, 0.2) is 0 Å². The van der Waals surface area contributed by atoms with Crippen LogP contribution in [0.5, 0.6) is 5.75 Å². The van der Waals surface area contributed by atoms with Gasteiger partial charge in [-0.05, 0) is 24.3 Å². The summed E-state index contributed by atoms with van der Waals surface area (Å²) in [5.74, 6) is 0.0980. The van der Waals surface area contributed by atoms with E-state index in [2.05, 4.69) is 4.98 Å². The molecule has 0 radical (unpaired) electrons. The first-order chi connectivity index (χ1) is 8.66. The molecule has 0 aliphatic rings. The van der Waals surface area contributed by atoms with E-state index >= 15 is 0 Å². The van der Waals surface area contributed by atoms with Crippen LogP contribution in [0.3, 0.4) is 0 Å². The average Bonchev–Trinajstić information content (AvgIpc) is 2.67. The number of H-pyrrole nitrogens is 1. The molecular formula is C13H9ClN2O2. The molecule has 1 heterocycles. The number of phenolic OH excluding ortho intramolecular Hbond substituents is 1. The molecule has 2 N–H and O–H groups in total. The SMILES string of the molecule is O=c1[nH]c2cccc(Cl)c2n1-c1cccc(O)c1. The number of para-hydroxylation sites is 1. The van der Waals surface area contributed by atoms with Crippen LogP contribution in [-0.2, 0) is 0 Å². The molecule has 0 amide bonds. The third kappa shape index (κ3) is 1.58. The lowest BCUT2D eigenvalue weighted by Crippen LogP contribution is -2.14. The third-order valence-electron chi connectivity index (χ3n) is 2.74. The van der Waals surface area contributed by atoms with Crippen molar-refractivity contribution in [1.82, 2.24) is 9.55 Å². The van der Waals surface area contributed by atoms with E-state index in [1.54, 1.807) is 36.4 Å². The molecule has 0 unspecified atom stereocenters. The van der Waals surface area contributed by atoms with Crippen molar-refractivity contribution in [3.05, 3.63) is 58.0 Å². The Morgan fingerprint density at radius 3 is 2.72 bits per heavy atom. The maximum absolute atomic E-state index is 12.0. The molecule has 4 nitrogen and oxygen atoms in total. The zero-order valence-electron chi connectivity index (χ0n) is 9.22. The van der Waals surface area contributed by atoms with E-state index in [0.717, 1.165) is 0 Å². The van der Waals surface area contributed by atoms with E-state index in [1.165, 1.54) is 10.6 Å². The zero-order chi connectivity index (χ0) is 12.7. The van der Waals surface area contributed by atoms with E-state index in [0.29, 0.717) is 21.7 Å². The number of fused-ring (bicyclic) bond motifs is 1. The summed E-state index contributed by atoms with van der Waals surface area (Å²) in [5, 5.41) is 9.97. The second-order valence-electron chi connectivity index (χ2n) is 3.92. The maximum Gasteiger partial charge on any atom is 0.331 e. The van der Waals surface area contributed by atoms with Gasteiger partial charge >= 0.3 is 5.69 Å². The summed E-state index contributed by atoms with van der Waals surface area (Å²) in [6.07, 6.45) is 0. The fourth-order valence-electron chi connectivity index (χ4n) is 1.99. The number of nitrogens with zero attached hydrogens (tertiary/aromatic N) is 1. The van der Waals surface area contributed by atoms with Crippen LogP contribution in [0.4, 0.5) is 0 Å². The van der Waals surface area contributed by atoms with E-state index in [4.69, 9.17) is 11.6 Å². The van der Waals surface area contributed by atoms with Crippen molar-refractivity contribution in [3.8, 4) is 11.4 Å². The molecule has 0 spiro atoms. The van der Waals surface area contributed by atoms with E-state index in [-0.39, 0.29) is 11.4 Å². The minimum atomic E-state index is -0.288. The van der Waals surface area contributed by atoms with Crippen LogP contribution in [0, 0.1) is 0 Å². The Balaban J connectivity index is 2.42. The van der Waals surface area contributed by atoms with Crippen molar-refractivity contribution in [2.45, 2.75) is 0 Å². The van der Waals surface area contributed by atoms with Crippen LogP contribution in [0.25, 0.3) is 16.7 Å². The number of aromatic hydroxyl groups is 1. The van der Waals surface area contributed by atoms with Gasteiger partial charge in [0, 0.05) is 6.07 Å². The summed E-state index contributed by atoms with van der Waals surface area (Å²) < 4.78 is 1.44. The first-order valence-corrected chi connectivity index (χ1v) is 5.73. The number of halogens is 1. The zero-order valence-corrected chi connectivity index (χ0v) is 9.98. The Kier molecular flexibility index (Phi) is 2.38. The average molecular weight is 261 g/mol. The quantitative estimate of drug-likeness (QED) is 0.707. The van der Waals surface area contributed by atoms with Crippen LogP contribution in [0.2, 0.25) is 5.02 Å². The molecule has 0 aliphatic heterocycles. The lowest BCUT2D eigenvalue weighted by molar-refractivity contribution is 0.475. The second-order valence-corrected chi connectivity index (χ2v) is 4.33. The van der Waals surface area contributed by atoms with E-state index in [9.17, 15) is 9.90 Å². The van der Waals surface area contributed by atoms with Crippen LogP contribution in [0.15, 0.2) is 47.3 Å². The van der Waals surface area contributed by atoms with Crippen LogP contribution in [0.1, 0.15) is 0 Å². The third-order valence-corrected chi connectivity index (χ3v) is 3.05. The van der Waals surface area contributed by atoms with Gasteiger partial charge in [-0.3, -0.25) is 4.57 Å². The summed E-state index contributed by atoms with van der Waals surface area (Å²) in [7, 11) is 0. The molecule has 90 valence electrons. The standard InChI is InChI=1S/C13H9ClN2O2/c14-10-5-2-6-11-12(10)16(13(18)15-11)8-3-1-4-9(17)7-8/h1-7,17H,(H,15,18). The van der Waals surface area contributed by atoms with Gasteiger partial charge < -0.3 is 10.1 Å². The minimum absolute atomic E-state index is 0.0980. The molecule has 3 aromatic rings. The van der Waals surface area contributed by atoms with Crippen molar-refractivity contribution < 1.29 is 5.11 Å². The summed E-state index contributed by atoms with van der Waals surface area (Å²) in [6.45, 7) is 0. The molecule has 0 aliphatic carbocycles. The molecule has 2 aromatic carbocycles. The Morgan fingerprint density at radius 1 is 1.17 bits per heavy atom. The number of hydrogen-bond donors (Lipinski definition) is 2. The molecule has 18 heavy (non-hydrogen) atoms. The highest BCUT2D eigenvalue weighted by Crippen LogP contribution is 2.24. The van der Waals surface area contributed by atoms with Crippen molar-refractivity contribution >= 4 is 22.6 Å². The molecule has 0 saturated carbocycles. The highest BCUT2D eigenvalue weighted by molar-refractivity contribution is 6.35. The molecule has 3 rings (SSSR count). The normalized spacial score (nSPS) is 10.9. The Labute approximate surface area is 107 Å². The lowest BCUT2D eigenvalue weighted by Gasteiger charge is -2.04. The van der Waals surface area contributed by atoms with Gasteiger partial charge in [-0.25, -0.2) is 4.79 Å². The molecule has 1 aromatic heterocycles. The molecule has 0 atom stereocenters. The van der Waals surface area contributed by atoms with Gasteiger partial charge in [-0.2, -0.15) is 0 Å². The molecule has 0 saturated heterocycles. The Hall–Kier alpha value is -2.20. The summed E-state index contributed by atoms with van der Waals surface area (Å²) in [4.78, 5) is 14.7. The van der Waals surface area contributed by atoms with Gasteiger partial charge in [0.25, 0.3) is 0 Å². The first-order valence-electron chi connectivity index (χ1n) is 5.35. The highest BCUT2D eigenvalue weighted by Gasteiger charge is 2.11. The number of hydrogen-bond acceptors (Lipinski definition) is 2. The largest absolute Gasteiger partial charge is 0.508 e. The summed E-state index contributed by atoms with van der Waals surface area (Å²) in [6, 6.07) is 11.7. The number of benzene rings is 2. The lowest BCUT2D eigenvalue weighted by atomic mass is 10.2. The van der Waals surface area contributed by atoms with E-state index in [1.807, 2.05) is 0 Å². The number of rotatable bonds is 1. The van der Waals surface area contributed by atoms with Gasteiger partial charge in [0.2, 0.25) is 0 Å². The summed E-state index contributed by atoms with van der Waals surface area (Å²) >= 11 is 6.12. The number of imidazole rings is 1. The predicted octanol–water partition coefficient (Wildman–Crippen LogP) is 2.68. The fraction of sp³-hybridized carbons (Fsp3) is 0. The summed E-state index contributed by atoms with van der Waals surface area (Å²) in [5.41, 5.74) is 1.55. The van der Waals surface area contributed by atoms with Gasteiger partial charge in [0.05, 0.1) is 21.7 Å². The van der Waals surface area contributed by atoms with Crippen molar-refractivity contribution in [1.29, 1.82) is 0 Å². The topological polar surface area (TPSA) is 58.0 Å². The Bertz CT molecular complexity index is 789. The van der Waals surface area contributed by atoms with Crippen molar-refractivity contribution in [2.24, 2.45) is 0 Å². The Morgan fingerprint density at radius 2 is 1.94 bits per heavy atom. The molecule has 5 heteroatoms. The minimum Gasteiger partial charge on any atom is -0.508 e. The van der Waals surface area contributed by atoms with Gasteiger partial charge in [-0.15, -0.1) is 0 Å². The van der Waals surface area contributed by atoms with E-state index < -0.39 is 0 Å². The monoisotopic (exact) mass is 260 g/mol. The van der Waals surface area contributed by atoms with Crippen LogP contribution < -0.4 is 5.69 Å². The number of aromatic amines is 1. The van der Waals surface area contributed by atoms with Crippen molar-refractivity contribution in [2.75, 3.05) is 0 Å². The van der Waals surface area contributed by atoms with Crippen LogP contribution >= 0.6 is 11.6 Å². The first kappa shape index (κ1) is 10.9. The number of phenols is 1. The van der Waals surface area contributed by atoms with Crippen molar-refractivity contribution in [3.63, 3.8) is 0 Å². The van der Waals surface area contributed by atoms with Gasteiger partial charge in [-0.1, -0.05) is 23.7 Å². The number of aromatic nitrogens is 2. The maximum atomic E-state index is 12.0. The highest BCUT2D eigenvalue weighted by atomic mass is 35.5. The smallest absolute Gasteiger partial charge is 0.331 e. The van der Waals surface area contributed by atoms with Gasteiger partial charge in [0.1, 0.15) is 5.75 Å². The fourth-order valence-corrected chi connectivity index (χ4v) is 2.25. The second kappa shape index (κ2) is 3.92. The number of nitrogens with one attached hydrogen (secondary N) is 1. The van der Waals surface area contributed by atoms with Crippen LogP contribution in [-0.4, -0.2) is 14.7 Å². The molecule has 0 bridgehead atoms. The molecule has 0 fully saturated rings.